The minimum Gasteiger partial charge on any atom is -0.498 e. The van der Waals surface area contributed by atoms with E-state index in [1.165, 1.54) is 5.57 Å². The maximum absolute atomic E-state index is 5.76. The summed E-state index contributed by atoms with van der Waals surface area (Å²) in [5.74, 6) is 1.97. The van der Waals surface area contributed by atoms with E-state index in [4.69, 9.17) is 9.47 Å². The molecule has 1 aliphatic carbocycles. The summed E-state index contributed by atoms with van der Waals surface area (Å²) in [7, 11) is 0. The molecule has 144 valence electrons. The molecule has 0 radical (unpaired) electrons. The first-order valence-electron chi connectivity index (χ1n) is 9.87. The van der Waals surface area contributed by atoms with Crippen LogP contribution in [-0.4, -0.2) is 13.2 Å². The van der Waals surface area contributed by atoms with Crippen molar-refractivity contribution >= 4 is 5.57 Å². The third-order valence-corrected chi connectivity index (χ3v) is 4.34. The lowest BCUT2D eigenvalue weighted by Gasteiger charge is -2.20. The first-order chi connectivity index (χ1) is 13.0. The van der Waals surface area contributed by atoms with Crippen LogP contribution < -0.4 is 4.74 Å². The van der Waals surface area contributed by atoms with Crippen molar-refractivity contribution in [1.82, 2.24) is 0 Å². The van der Waals surface area contributed by atoms with Crippen LogP contribution in [0.4, 0.5) is 0 Å². The van der Waals surface area contributed by atoms with E-state index in [9.17, 15) is 0 Å². The van der Waals surface area contributed by atoms with Crippen LogP contribution in [0.2, 0.25) is 0 Å². The summed E-state index contributed by atoms with van der Waals surface area (Å²) >= 11 is 0. The summed E-state index contributed by atoms with van der Waals surface area (Å²) in [5.41, 5.74) is 5.55. The fourth-order valence-corrected chi connectivity index (χ4v) is 2.94. The third kappa shape index (κ3) is 6.32. The van der Waals surface area contributed by atoms with Gasteiger partial charge in [0.1, 0.15) is 5.75 Å². The molecule has 27 heavy (non-hydrogen) atoms. The van der Waals surface area contributed by atoms with Gasteiger partial charge in [-0.2, -0.15) is 0 Å². The maximum Gasteiger partial charge on any atom is 0.119 e. The maximum atomic E-state index is 5.76. The molecular formula is C25H32O2. The van der Waals surface area contributed by atoms with Crippen molar-refractivity contribution in [2.75, 3.05) is 13.2 Å². The molecule has 0 amide bonds. The molecule has 0 saturated carbocycles. The summed E-state index contributed by atoms with van der Waals surface area (Å²) in [4.78, 5) is 0. The predicted molar refractivity (Wildman–Crippen MR) is 116 cm³/mol. The van der Waals surface area contributed by atoms with E-state index < -0.39 is 0 Å². The normalized spacial score (nSPS) is 14.3. The van der Waals surface area contributed by atoms with E-state index in [1.807, 2.05) is 19.1 Å². The minimum absolute atomic E-state index is 0.738. The van der Waals surface area contributed by atoms with E-state index >= 15 is 0 Å². The second-order valence-electron chi connectivity index (χ2n) is 6.93. The molecule has 2 heteroatoms. The van der Waals surface area contributed by atoms with Gasteiger partial charge in [-0.3, -0.25) is 0 Å². The molecule has 1 aromatic carbocycles. The Morgan fingerprint density at radius 2 is 1.63 bits per heavy atom. The van der Waals surface area contributed by atoms with Gasteiger partial charge in [0, 0.05) is 6.42 Å². The van der Waals surface area contributed by atoms with Crippen molar-refractivity contribution in [2.45, 2.75) is 46.5 Å². The molecule has 0 heterocycles. The Kier molecular flexibility index (Phi) is 8.19. The number of allylic oxidation sites excluding steroid dienone is 8. The van der Waals surface area contributed by atoms with Crippen LogP contribution in [0.25, 0.3) is 5.57 Å². The molecule has 2 rings (SSSR count). The van der Waals surface area contributed by atoms with E-state index in [1.54, 1.807) is 0 Å². The lowest BCUT2D eigenvalue weighted by Crippen LogP contribution is -2.02. The Morgan fingerprint density at radius 1 is 0.963 bits per heavy atom. The van der Waals surface area contributed by atoms with Gasteiger partial charge in [-0.25, -0.2) is 0 Å². The quantitative estimate of drug-likeness (QED) is 0.415. The standard InChI is InChI=1S/C25H32O2/c1-6-16-26-23-12-8-21(9-13-23)20(5)25(18-19(3)4)22-10-14-24(15-11-22)27-17-7-2/h8,10-12,14-15,18H,3,5-7,9,13,16-17H2,1-2,4H3/b25-18+. The van der Waals surface area contributed by atoms with E-state index in [2.05, 4.69) is 57.4 Å². The number of hydrogen-bond acceptors (Lipinski definition) is 2. The predicted octanol–water partition coefficient (Wildman–Crippen LogP) is 7.02. The molecule has 2 nitrogen and oxygen atoms in total. The first-order valence-corrected chi connectivity index (χ1v) is 9.87. The zero-order valence-electron chi connectivity index (χ0n) is 17.0. The summed E-state index contributed by atoms with van der Waals surface area (Å²) in [5, 5.41) is 0. The molecule has 0 saturated heterocycles. The molecule has 0 unspecified atom stereocenters. The Labute approximate surface area is 164 Å². The second kappa shape index (κ2) is 10.6. The lowest BCUT2D eigenvalue weighted by molar-refractivity contribution is 0.202. The van der Waals surface area contributed by atoms with Gasteiger partial charge < -0.3 is 9.47 Å². The summed E-state index contributed by atoms with van der Waals surface area (Å²) in [6, 6.07) is 8.24. The van der Waals surface area contributed by atoms with Gasteiger partial charge in [0.15, 0.2) is 0 Å². The first kappa shape index (κ1) is 20.8. The van der Waals surface area contributed by atoms with Gasteiger partial charge in [-0.1, -0.05) is 56.9 Å². The van der Waals surface area contributed by atoms with Crippen molar-refractivity contribution in [3.8, 4) is 5.75 Å². The molecule has 0 atom stereocenters. The molecule has 0 N–H and O–H groups in total. The Bertz CT molecular complexity index is 745. The minimum atomic E-state index is 0.738. The lowest BCUT2D eigenvalue weighted by atomic mass is 9.88. The molecule has 1 aromatic rings. The molecule has 1 aliphatic rings. The van der Waals surface area contributed by atoms with Crippen molar-refractivity contribution in [3.63, 3.8) is 0 Å². The summed E-state index contributed by atoms with van der Waals surface area (Å²) < 4.78 is 11.5. The van der Waals surface area contributed by atoms with E-state index in [0.29, 0.717) is 0 Å². The van der Waals surface area contributed by atoms with Crippen molar-refractivity contribution in [3.05, 3.63) is 83.7 Å². The van der Waals surface area contributed by atoms with Crippen LogP contribution in [0.3, 0.4) is 0 Å². The average Bonchev–Trinajstić information content (AvgIpc) is 2.69. The topological polar surface area (TPSA) is 18.5 Å². The fraction of sp³-hybridized carbons (Fsp3) is 0.360. The third-order valence-electron chi connectivity index (χ3n) is 4.34. The Balaban J connectivity index is 2.21. The van der Waals surface area contributed by atoms with Crippen LogP contribution >= 0.6 is 0 Å². The fourth-order valence-electron chi connectivity index (χ4n) is 2.94. The molecule has 0 fully saturated rings. The SMILES string of the molecule is C=C(C)/C=C(\C(=C)C1=CC=C(OCCC)CC1)c1ccc(OCCC)cc1. The highest BCUT2D eigenvalue weighted by atomic mass is 16.5. The number of hydrogen-bond donors (Lipinski definition) is 0. The number of ether oxygens (including phenoxy) is 2. The smallest absolute Gasteiger partial charge is 0.119 e. The van der Waals surface area contributed by atoms with Gasteiger partial charge in [0.2, 0.25) is 0 Å². The van der Waals surface area contributed by atoms with Gasteiger partial charge in [0.05, 0.1) is 19.0 Å². The Hall–Kier alpha value is -2.48. The van der Waals surface area contributed by atoms with Gasteiger partial charge in [-0.15, -0.1) is 0 Å². The summed E-state index contributed by atoms with van der Waals surface area (Å²) in [6.45, 7) is 16.2. The highest BCUT2D eigenvalue weighted by molar-refractivity contribution is 5.84. The molecular weight excluding hydrogens is 332 g/mol. The number of benzene rings is 1. The van der Waals surface area contributed by atoms with E-state index in [0.717, 1.165) is 72.7 Å². The van der Waals surface area contributed by atoms with Crippen LogP contribution in [0.15, 0.2) is 78.1 Å². The molecule has 0 bridgehead atoms. The van der Waals surface area contributed by atoms with Gasteiger partial charge in [0.25, 0.3) is 0 Å². The van der Waals surface area contributed by atoms with Crippen LogP contribution in [0, 0.1) is 0 Å². The average molecular weight is 365 g/mol. The summed E-state index contributed by atoms with van der Waals surface area (Å²) in [6.07, 6.45) is 10.2. The monoisotopic (exact) mass is 364 g/mol. The van der Waals surface area contributed by atoms with Crippen LogP contribution in [-0.2, 0) is 4.74 Å². The van der Waals surface area contributed by atoms with E-state index in [-0.39, 0.29) is 0 Å². The van der Waals surface area contributed by atoms with Gasteiger partial charge in [-0.05, 0) is 66.7 Å². The Morgan fingerprint density at radius 3 is 2.19 bits per heavy atom. The zero-order valence-corrected chi connectivity index (χ0v) is 17.0. The van der Waals surface area contributed by atoms with Crippen molar-refractivity contribution in [1.29, 1.82) is 0 Å². The highest BCUT2D eigenvalue weighted by Crippen LogP contribution is 2.34. The largest absolute Gasteiger partial charge is 0.498 e. The zero-order chi connectivity index (χ0) is 19.6. The molecule has 0 aromatic heterocycles. The van der Waals surface area contributed by atoms with Crippen molar-refractivity contribution in [2.24, 2.45) is 0 Å². The van der Waals surface area contributed by atoms with Crippen LogP contribution in [0.1, 0.15) is 52.0 Å². The second-order valence-corrected chi connectivity index (χ2v) is 6.93. The van der Waals surface area contributed by atoms with Crippen molar-refractivity contribution < 1.29 is 9.47 Å². The molecule has 0 spiro atoms. The van der Waals surface area contributed by atoms with Gasteiger partial charge >= 0.3 is 0 Å². The number of rotatable bonds is 10. The highest BCUT2D eigenvalue weighted by Gasteiger charge is 2.15. The van der Waals surface area contributed by atoms with Crippen LogP contribution in [0.5, 0.6) is 5.75 Å². The molecule has 0 aliphatic heterocycles.